The zero-order chi connectivity index (χ0) is 14.3. The molecule has 1 rings (SSSR count). The first-order valence-electron chi connectivity index (χ1n) is 5.56. The van der Waals surface area contributed by atoms with E-state index in [0.29, 0.717) is 13.0 Å². The number of halogens is 2. The number of benzene rings is 1. The van der Waals surface area contributed by atoms with Crippen molar-refractivity contribution < 1.29 is 28.2 Å². The van der Waals surface area contributed by atoms with Crippen molar-refractivity contribution in [3.8, 4) is 5.75 Å². The average Bonchev–Trinajstić information content (AvgIpc) is 2.34. The number of carboxylic acid groups (broad SMARTS) is 1. The molecule has 0 aliphatic heterocycles. The predicted molar refractivity (Wildman–Crippen MR) is 65.0 cm³/mol. The van der Waals surface area contributed by atoms with Gasteiger partial charge in [0.05, 0.1) is 6.61 Å². The SMILES string of the molecule is COCCCOc1c(F)cc(C=CC(=O)O)cc1F. The van der Waals surface area contributed by atoms with Gasteiger partial charge in [0.2, 0.25) is 0 Å². The molecule has 0 aliphatic carbocycles. The van der Waals surface area contributed by atoms with E-state index in [1.165, 1.54) is 7.11 Å². The summed E-state index contributed by atoms with van der Waals surface area (Å²) in [5.74, 6) is -3.41. The van der Waals surface area contributed by atoms with Gasteiger partial charge in [-0.2, -0.15) is 0 Å². The summed E-state index contributed by atoms with van der Waals surface area (Å²) in [7, 11) is 1.52. The van der Waals surface area contributed by atoms with E-state index in [1.54, 1.807) is 0 Å². The zero-order valence-corrected chi connectivity index (χ0v) is 10.4. The van der Waals surface area contributed by atoms with Crippen molar-refractivity contribution in [3.05, 3.63) is 35.4 Å². The highest BCUT2D eigenvalue weighted by molar-refractivity contribution is 5.85. The predicted octanol–water partition coefficient (Wildman–Crippen LogP) is 2.48. The van der Waals surface area contributed by atoms with Crippen LogP contribution in [0.2, 0.25) is 0 Å². The smallest absolute Gasteiger partial charge is 0.328 e. The lowest BCUT2D eigenvalue weighted by Crippen LogP contribution is -2.04. The maximum absolute atomic E-state index is 13.6. The highest BCUT2D eigenvalue weighted by atomic mass is 19.1. The highest BCUT2D eigenvalue weighted by Gasteiger charge is 2.11. The number of hydrogen-bond donors (Lipinski definition) is 1. The van der Waals surface area contributed by atoms with E-state index in [-0.39, 0.29) is 12.2 Å². The standard InChI is InChI=1S/C13H14F2O4/c1-18-5-2-6-19-13-10(14)7-9(8-11(13)15)3-4-12(16)17/h3-4,7-8H,2,5-6H2,1H3,(H,16,17). The topological polar surface area (TPSA) is 55.8 Å². The second-order valence-corrected chi connectivity index (χ2v) is 3.68. The largest absolute Gasteiger partial charge is 0.488 e. The number of aliphatic carboxylic acids is 1. The Morgan fingerprint density at radius 2 is 1.95 bits per heavy atom. The van der Waals surface area contributed by atoms with Crippen LogP contribution in [0.4, 0.5) is 8.78 Å². The molecule has 104 valence electrons. The first-order chi connectivity index (χ1) is 9.04. The molecule has 6 heteroatoms. The van der Waals surface area contributed by atoms with E-state index in [2.05, 4.69) is 0 Å². The quantitative estimate of drug-likeness (QED) is 0.612. The molecule has 0 saturated carbocycles. The normalized spacial score (nSPS) is 10.9. The minimum atomic E-state index is -1.19. The van der Waals surface area contributed by atoms with Gasteiger partial charge in [-0.05, 0) is 23.8 Å². The van der Waals surface area contributed by atoms with Crippen LogP contribution in [0.5, 0.6) is 5.75 Å². The van der Waals surface area contributed by atoms with Crippen molar-refractivity contribution in [2.24, 2.45) is 0 Å². The number of hydrogen-bond acceptors (Lipinski definition) is 3. The van der Waals surface area contributed by atoms with Gasteiger partial charge in [-0.1, -0.05) is 0 Å². The summed E-state index contributed by atoms with van der Waals surface area (Å²) >= 11 is 0. The molecule has 0 bridgehead atoms. The Morgan fingerprint density at radius 1 is 1.32 bits per heavy atom. The average molecular weight is 272 g/mol. The van der Waals surface area contributed by atoms with E-state index in [9.17, 15) is 13.6 Å². The van der Waals surface area contributed by atoms with Crippen LogP contribution in [0.1, 0.15) is 12.0 Å². The van der Waals surface area contributed by atoms with Gasteiger partial charge >= 0.3 is 5.97 Å². The van der Waals surface area contributed by atoms with Gasteiger partial charge in [0.1, 0.15) is 0 Å². The van der Waals surface area contributed by atoms with Gasteiger partial charge in [0, 0.05) is 26.2 Å². The van der Waals surface area contributed by atoms with Crippen molar-refractivity contribution in [2.45, 2.75) is 6.42 Å². The summed E-state index contributed by atoms with van der Waals surface area (Å²) in [6, 6.07) is 2.02. The number of ether oxygens (including phenoxy) is 2. The molecule has 0 aromatic heterocycles. The van der Waals surface area contributed by atoms with Crippen LogP contribution in [0, 0.1) is 11.6 Å². The van der Waals surface area contributed by atoms with Crippen LogP contribution >= 0.6 is 0 Å². The molecule has 0 aliphatic rings. The van der Waals surface area contributed by atoms with Gasteiger partial charge in [-0.15, -0.1) is 0 Å². The van der Waals surface area contributed by atoms with Crippen LogP contribution in [-0.4, -0.2) is 31.4 Å². The summed E-state index contributed by atoms with van der Waals surface area (Å²) < 4.78 is 36.9. The monoisotopic (exact) mass is 272 g/mol. The number of carbonyl (C=O) groups is 1. The molecule has 1 aromatic rings. The molecule has 0 amide bonds. The summed E-state index contributed by atoms with van der Waals surface area (Å²) in [4.78, 5) is 10.3. The van der Waals surface area contributed by atoms with E-state index in [0.717, 1.165) is 24.3 Å². The Labute approximate surface area is 109 Å². The van der Waals surface area contributed by atoms with Crippen molar-refractivity contribution in [1.29, 1.82) is 0 Å². The first kappa shape index (κ1) is 15.1. The molecule has 0 saturated heterocycles. The van der Waals surface area contributed by atoms with Gasteiger partial charge in [0.15, 0.2) is 17.4 Å². The minimum absolute atomic E-state index is 0.113. The van der Waals surface area contributed by atoms with Crippen molar-refractivity contribution >= 4 is 12.0 Å². The fraction of sp³-hybridized carbons (Fsp3) is 0.308. The third-order valence-electron chi connectivity index (χ3n) is 2.18. The van der Waals surface area contributed by atoms with Crippen LogP contribution in [0.3, 0.4) is 0 Å². The van der Waals surface area contributed by atoms with Crippen LogP contribution in [0.15, 0.2) is 18.2 Å². The van der Waals surface area contributed by atoms with Crippen LogP contribution in [-0.2, 0) is 9.53 Å². The molecular weight excluding hydrogens is 258 g/mol. The lowest BCUT2D eigenvalue weighted by atomic mass is 10.2. The Hall–Kier alpha value is -1.95. The molecule has 4 nitrogen and oxygen atoms in total. The van der Waals surface area contributed by atoms with E-state index in [1.807, 2.05) is 0 Å². The molecule has 0 heterocycles. The van der Waals surface area contributed by atoms with Gasteiger partial charge < -0.3 is 14.6 Å². The maximum Gasteiger partial charge on any atom is 0.328 e. The lowest BCUT2D eigenvalue weighted by molar-refractivity contribution is -0.131. The number of rotatable bonds is 7. The molecule has 19 heavy (non-hydrogen) atoms. The van der Waals surface area contributed by atoms with E-state index >= 15 is 0 Å². The molecule has 0 spiro atoms. The molecule has 0 atom stereocenters. The Kier molecular flexibility index (Phi) is 5.95. The summed E-state index contributed by atoms with van der Waals surface area (Å²) in [5, 5.41) is 8.42. The maximum atomic E-state index is 13.6. The number of carboxylic acids is 1. The first-order valence-corrected chi connectivity index (χ1v) is 5.56. The Morgan fingerprint density at radius 3 is 2.47 bits per heavy atom. The van der Waals surface area contributed by atoms with E-state index in [4.69, 9.17) is 14.6 Å². The highest BCUT2D eigenvalue weighted by Crippen LogP contribution is 2.24. The summed E-state index contributed by atoms with van der Waals surface area (Å²) in [6.45, 7) is 0.564. The van der Waals surface area contributed by atoms with Gasteiger partial charge in [-0.3, -0.25) is 0 Å². The minimum Gasteiger partial charge on any atom is -0.488 e. The summed E-state index contributed by atoms with van der Waals surface area (Å²) in [6.07, 6.45) is 2.41. The van der Waals surface area contributed by atoms with Gasteiger partial charge in [0.25, 0.3) is 0 Å². The third kappa shape index (κ3) is 5.05. The number of methoxy groups -OCH3 is 1. The summed E-state index contributed by atoms with van der Waals surface area (Å²) in [5.41, 5.74) is 0.113. The third-order valence-corrected chi connectivity index (χ3v) is 2.18. The molecule has 1 aromatic carbocycles. The molecule has 0 fully saturated rings. The molecular formula is C13H14F2O4. The zero-order valence-electron chi connectivity index (χ0n) is 10.4. The molecule has 0 unspecified atom stereocenters. The second-order valence-electron chi connectivity index (χ2n) is 3.68. The van der Waals surface area contributed by atoms with Crippen LogP contribution in [0.25, 0.3) is 6.08 Å². The molecule has 1 N–H and O–H groups in total. The second kappa shape index (κ2) is 7.48. The van der Waals surface area contributed by atoms with Crippen molar-refractivity contribution in [3.63, 3.8) is 0 Å². The van der Waals surface area contributed by atoms with Crippen LogP contribution < -0.4 is 4.74 Å². The Balaban J connectivity index is 2.76. The fourth-order valence-electron chi connectivity index (χ4n) is 1.36. The Bertz CT molecular complexity index is 449. The van der Waals surface area contributed by atoms with Crippen molar-refractivity contribution in [2.75, 3.05) is 20.3 Å². The molecule has 0 radical (unpaired) electrons. The fourth-order valence-corrected chi connectivity index (χ4v) is 1.36. The van der Waals surface area contributed by atoms with Crippen molar-refractivity contribution in [1.82, 2.24) is 0 Å². The van der Waals surface area contributed by atoms with Gasteiger partial charge in [-0.25, -0.2) is 13.6 Å². The lowest BCUT2D eigenvalue weighted by Gasteiger charge is -2.08. The van der Waals surface area contributed by atoms with E-state index < -0.39 is 23.4 Å².